The highest BCUT2D eigenvalue weighted by Gasteiger charge is 2.21. The highest BCUT2D eigenvalue weighted by molar-refractivity contribution is 7.99. The summed E-state index contributed by atoms with van der Waals surface area (Å²) in [6.07, 6.45) is 9.63. The molecule has 0 N–H and O–H groups in total. The summed E-state index contributed by atoms with van der Waals surface area (Å²) in [5.74, 6) is 1.31. The molecule has 0 bridgehead atoms. The minimum atomic E-state index is 0.321. The van der Waals surface area contributed by atoms with Crippen LogP contribution in [0.15, 0.2) is 17.6 Å². The third-order valence-corrected chi connectivity index (χ3v) is 4.26. The fourth-order valence-electron chi connectivity index (χ4n) is 2.17. The maximum atomic E-state index is 11.9. The molecule has 4 heteroatoms. The first-order chi connectivity index (χ1) is 7.77. The molecule has 0 amide bonds. The van der Waals surface area contributed by atoms with E-state index in [1.807, 2.05) is 17.8 Å². The Morgan fingerprint density at radius 3 is 2.88 bits per heavy atom. The van der Waals surface area contributed by atoms with Gasteiger partial charge in [-0.2, -0.15) is 0 Å². The van der Waals surface area contributed by atoms with Crippen LogP contribution in [0.3, 0.4) is 0 Å². The molecule has 16 heavy (non-hydrogen) atoms. The number of carbonyl (C=O) groups is 1. The van der Waals surface area contributed by atoms with Crippen LogP contribution in [0.25, 0.3) is 0 Å². The summed E-state index contributed by atoms with van der Waals surface area (Å²) < 4.78 is 1.96. The van der Waals surface area contributed by atoms with E-state index in [9.17, 15) is 4.79 Å². The molecule has 1 aliphatic carbocycles. The summed E-state index contributed by atoms with van der Waals surface area (Å²) in [6, 6.07) is 0. The van der Waals surface area contributed by atoms with Crippen LogP contribution in [0.4, 0.5) is 0 Å². The van der Waals surface area contributed by atoms with Gasteiger partial charge >= 0.3 is 0 Å². The van der Waals surface area contributed by atoms with E-state index < -0.39 is 0 Å². The Balaban J connectivity index is 1.81. The molecule has 0 spiro atoms. The van der Waals surface area contributed by atoms with Crippen molar-refractivity contribution in [3.63, 3.8) is 0 Å². The van der Waals surface area contributed by atoms with Crippen molar-refractivity contribution in [1.82, 2.24) is 9.55 Å². The average molecular weight is 238 g/mol. The maximum absolute atomic E-state index is 11.9. The van der Waals surface area contributed by atoms with Crippen LogP contribution < -0.4 is 0 Å². The molecule has 1 aromatic rings. The summed E-state index contributed by atoms with van der Waals surface area (Å²) in [4.78, 5) is 16.2. The number of carbonyl (C=O) groups excluding carboxylic acids is 1. The lowest BCUT2D eigenvalue weighted by Crippen LogP contribution is -2.19. The van der Waals surface area contributed by atoms with Crippen molar-refractivity contribution in [1.29, 1.82) is 0 Å². The fourth-order valence-corrected chi connectivity index (χ4v) is 3.08. The van der Waals surface area contributed by atoms with Crippen molar-refractivity contribution in [3.8, 4) is 0 Å². The number of rotatable bonds is 4. The molecule has 1 heterocycles. The lowest BCUT2D eigenvalue weighted by Gasteiger charge is -2.19. The second kappa shape index (κ2) is 5.53. The van der Waals surface area contributed by atoms with Crippen LogP contribution in [0, 0.1) is 5.92 Å². The number of hydrogen-bond acceptors (Lipinski definition) is 3. The van der Waals surface area contributed by atoms with Crippen molar-refractivity contribution in [2.45, 2.75) is 37.3 Å². The number of hydrogen-bond donors (Lipinski definition) is 0. The van der Waals surface area contributed by atoms with Crippen molar-refractivity contribution >= 4 is 17.5 Å². The van der Waals surface area contributed by atoms with Gasteiger partial charge < -0.3 is 4.57 Å². The molecule has 1 aromatic heterocycles. The number of imidazole rings is 1. The number of aryl methyl sites for hydroxylation is 1. The molecular weight excluding hydrogens is 220 g/mol. The molecule has 0 aromatic carbocycles. The monoisotopic (exact) mass is 238 g/mol. The number of thioether (sulfide) groups is 1. The van der Waals surface area contributed by atoms with E-state index in [4.69, 9.17) is 0 Å². The first-order valence-corrected chi connectivity index (χ1v) is 6.89. The smallest absolute Gasteiger partial charge is 0.168 e. The Morgan fingerprint density at radius 2 is 2.25 bits per heavy atom. The molecule has 0 radical (unpaired) electrons. The van der Waals surface area contributed by atoms with E-state index in [1.54, 1.807) is 18.0 Å². The van der Waals surface area contributed by atoms with Crippen LogP contribution in [0.5, 0.6) is 0 Å². The zero-order chi connectivity index (χ0) is 11.4. The van der Waals surface area contributed by atoms with Gasteiger partial charge in [0.15, 0.2) is 5.16 Å². The molecule has 3 nitrogen and oxygen atoms in total. The molecule has 0 saturated heterocycles. The lowest BCUT2D eigenvalue weighted by molar-refractivity contribution is -0.121. The second-order valence-corrected chi connectivity index (χ2v) is 5.35. The number of Topliss-reactive ketones (excluding diaryl/α,β-unsaturated/α-hetero) is 1. The fraction of sp³-hybridized carbons (Fsp3) is 0.667. The number of aromatic nitrogens is 2. The van der Waals surface area contributed by atoms with E-state index in [1.165, 1.54) is 19.3 Å². The molecule has 2 rings (SSSR count). The molecule has 0 unspecified atom stereocenters. The Labute approximate surface area is 101 Å². The molecule has 88 valence electrons. The highest BCUT2D eigenvalue weighted by Crippen LogP contribution is 2.26. The normalized spacial score (nSPS) is 17.6. The summed E-state index contributed by atoms with van der Waals surface area (Å²) in [5.41, 5.74) is 0. The van der Waals surface area contributed by atoms with Crippen molar-refractivity contribution in [2.75, 3.05) is 5.75 Å². The van der Waals surface area contributed by atoms with Crippen LogP contribution in [-0.2, 0) is 11.8 Å². The van der Waals surface area contributed by atoms with Gasteiger partial charge in [0.1, 0.15) is 5.78 Å². The van der Waals surface area contributed by atoms with Crippen LogP contribution in [0.2, 0.25) is 0 Å². The Morgan fingerprint density at radius 1 is 1.50 bits per heavy atom. The second-order valence-electron chi connectivity index (χ2n) is 4.41. The van der Waals surface area contributed by atoms with Gasteiger partial charge in [0, 0.05) is 25.4 Å². The van der Waals surface area contributed by atoms with E-state index in [2.05, 4.69) is 4.98 Å². The predicted octanol–water partition coefficient (Wildman–Crippen LogP) is 2.66. The number of ketones is 1. The molecule has 0 atom stereocenters. The van der Waals surface area contributed by atoms with Gasteiger partial charge in [-0.15, -0.1) is 0 Å². The molecular formula is C12H18N2OS. The Kier molecular flexibility index (Phi) is 4.04. The van der Waals surface area contributed by atoms with Gasteiger partial charge in [0.05, 0.1) is 5.75 Å². The standard InChI is InChI=1S/C12H18N2OS/c1-14-8-7-13-12(14)16-9-11(15)10-5-3-2-4-6-10/h7-8,10H,2-6,9H2,1H3. The van der Waals surface area contributed by atoms with Crippen LogP contribution >= 0.6 is 11.8 Å². The molecule has 1 saturated carbocycles. The predicted molar refractivity (Wildman–Crippen MR) is 65.5 cm³/mol. The summed E-state index contributed by atoms with van der Waals surface area (Å²) in [5, 5.41) is 0.934. The van der Waals surface area contributed by atoms with Crippen molar-refractivity contribution in [2.24, 2.45) is 13.0 Å². The van der Waals surface area contributed by atoms with Crippen molar-refractivity contribution in [3.05, 3.63) is 12.4 Å². The zero-order valence-corrected chi connectivity index (χ0v) is 10.5. The lowest BCUT2D eigenvalue weighted by atomic mass is 9.87. The van der Waals surface area contributed by atoms with E-state index >= 15 is 0 Å². The number of nitrogens with zero attached hydrogens (tertiary/aromatic N) is 2. The van der Waals surface area contributed by atoms with Crippen LogP contribution in [0.1, 0.15) is 32.1 Å². The molecule has 1 aliphatic rings. The van der Waals surface area contributed by atoms with Crippen molar-refractivity contribution < 1.29 is 4.79 Å². The SMILES string of the molecule is Cn1ccnc1SCC(=O)C1CCCCC1. The zero-order valence-electron chi connectivity index (χ0n) is 9.69. The van der Waals surface area contributed by atoms with E-state index in [0.29, 0.717) is 17.5 Å². The first kappa shape index (κ1) is 11.7. The Bertz CT molecular complexity index is 356. The van der Waals surface area contributed by atoms with Gasteiger partial charge in [-0.25, -0.2) is 4.98 Å². The first-order valence-electron chi connectivity index (χ1n) is 5.90. The third-order valence-electron chi connectivity index (χ3n) is 3.18. The summed E-state index contributed by atoms with van der Waals surface area (Å²) >= 11 is 1.56. The summed E-state index contributed by atoms with van der Waals surface area (Å²) in [7, 11) is 1.96. The molecule has 0 aliphatic heterocycles. The van der Waals surface area contributed by atoms with Gasteiger partial charge in [-0.1, -0.05) is 31.0 Å². The van der Waals surface area contributed by atoms with Gasteiger partial charge in [-0.05, 0) is 12.8 Å². The van der Waals surface area contributed by atoms with E-state index in [-0.39, 0.29) is 0 Å². The quantitative estimate of drug-likeness (QED) is 0.756. The third kappa shape index (κ3) is 2.88. The Hall–Kier alpha value is -0.770. The van der Waals surface area contributed by atoms with Crippen LogP contribution in [-0.4, -0.2) is 21.1 Å². The minimum absolute atomic E-state index is 0.321. The highest BCUT2D eigenvalue weighted by atomic mass is 32.2. The van der Waals surface area contributed by atoms with Gasteiger partial charge in [-0.3, -0.25) is 4.79 Å². The summed E-state index contributed by atoms with van der Waals surface area (Å²) in [6.45, 7) is 0. The van der Waals surface area contributed by atoms with E-state index in [0.717, 1.165) is 18.0 Å². The average Bonchev–Trinajstić information content (AvgIpc) is 2.73. The van der Waals surface area contributed by atoms with Gasteiger partial charge in [0.25, 0.3) is 0 Å². The maximum Gasteiger partial charge on any atom is 0.168 e. The topological polar surface area (TPSA) is 34.9 Å². The molecule has 1 fully saturated rings. The minimum Gasteiger partial charge on any atom is -0.329 e. The largest absolute Gasteiger partial charge is 0.329 e. The van der Waals surface area contributed by atoms with Gasteiger partial charge in [0.2, 0.25) is 0 Å².